The fourth-order valence-corrected chi connectivity index (χ4v) is 5.61. The van der Waals surface area contributed by atoms with Gasteiger partial charge in [0.25, 0.3) is 5.82 Å². The lowest BCUT2D eigenvalue weighted by molar-refractivity contribution is -0.363. The summed E-state index contributed by atoms with van der Waals surface area (Å²) in [6.07, 6.45) is 8.16. The van der Waals surface area contributed by atoms with E-state index in [2.05, 4.69) is 47.2 Å². The maximum Gasteiger partial charge on any atom is 0.274 e. The van der Waals surface area contributed by atoms with Gasteiger partial charge in [-0.25, -0.2) is 4.98 Å². The van der Waals surface area contributed by atoms with E-state index < -0.39 is 0 Å². The van der Waals surface area contributed by atoms with Crippen LogP contribution in [0.1, 0.15) is 63.9 Å². The molecular formula is C28H39N4O2+. The number of piperidine rings is 1. The van der Waals surface area contributed by atoms with E-state index in [1.807, 2.05) is 35.4 Å². The Morgan fingerprint density at radius 1 is 1.00 bits per heavy atom. The summed E-state index contributed by atoms with van der Waals surface area (Å²) < 4.78 is 0. The number of rotatable bonds is 8. The maximum atomic E-state index is 13.4. The normalized spacial score (nSPS) is 18.0. The predicted molar refractivity (Wildman–Crippen MR) is 136 cm³/mol. The number of hydrogen-bond donors (Lipinski definition) is 1. The molecule has 2 amide bonds. The molecule has 1 aliphatic carbocycles. The minimum absolute atomic E-state index is 0.0830. The van der Waals surface area contributed by atoms with Crippen LogP contribution in [0.15, 0.2) is 48.7 Å². The highest BCUT2D eigenvalue weighted by molar-refractivity contribution is 5.92. The Kier molecular flexibility index (Phi) is 8.20. The van der Waals surface area contributed by atoms with E-state index in [0.717, 1.165) is 81.8 Å². The average Bonchev–Trinajstić information content (AvgIpc) is 3.42. The van der Waals surface area contributed by atoms with Gasteiger partial charge in [-0.3, -0.25) is 14.5 Å². The van der Waals surface area contributed by atoms with Crippen molar-refractivity contribution in [1.29, 1.82) is 0 Å². The van der Waals surface area contributed by atoms with Crippen LogP contribution in [0.5, 0.6) is 0 Å². The Hall–Kier alpha value is -2.89. The summed E-state index contributed by atoms with van der Waals surface area (Å²) in [5.74, 6) is 1.86. The first kappa shape index (κ1) is 24.2. The van der Waals surface area contributed by atoms with Crippen molar-refractivity contribution >= 4 is 23.3 Å². The highest BCUT2D eigenvalue weighted by atomic mass is 16.2. The van der Waals surface area contributed by atoms with Crippen LogP contribution in [-0.4, -0.2) is 42.9 Å². The Balaban J connectivity index is 1.39. The number of nitrogens with one attached hydrogen (secondary N) is 2. The standard InChI is InChI=1S/C28H38N4O2/c1-3-31(4-2)28(34)26(21-10-6-5-7-11-21)22-16-18-32(19-17-22)25-15-14-24(20-29-25)30-27(33)23-12-8-9-13-23/h5-7,10-11,14-15,20,22-23,26H,3-4,8-9,12-13,16-19H2,1-2H3,(H,30,33)/p+1. The van der Waals surface area contributed by atoms with Crippen LogP contribution < -0.4 is 15.2 Å². The lowest BCUT2D eigenvalue weighted by Crippen LogP contribution is -2.43. The van der Waals surface area contributed by atoms with Crippen molar-refractivity contribution in [3.05, 3.63) is 54.2 Å². The van der Waals surface area contributed by atoms with Crippen LogP contribution in [0.2, 0.25) is 0 Å². The van der Waals surface area contributed by atoms with E-state index >= 15 is 0 Å². The molecule has 2 fully saturated rings. The average molecular weight is 464 g/mol. The van der Waals surface area contributed by atoms with Crippen LogP contribution in [0, 0.1) is 11.8 Å². The summed E-state index contributed by atoms with van der Waals surface area (Å²) in [7, 11) is 0. The second-order valence-corrected chi connectivity index (χ2v) is 9.66. The first-order valence-electron chi connectivity index (χ1n) is 13.0. The molecule has 34 heavy (non-hydrogen) atoms. The quantitative estimate of drug-likeness (QED) is 0.627. The summed E-state index contributed by atoms with van der Waals surface area (Å²) in [6, 6.07) is 14.3. The zero-order valence-corrected chi connectivity index (χ0v) is 20.6. The molecule has 0 spiro atoms. The van der Waals surface area contributed by atoms with E-state index in [0.29, 0.717) is 5.92 Å². The van der Waals surface area contributed by atoms with Crippen LogP contribution in [0.25, 0.3) is 0 Å². The monoisotopic (exact) mass is 463 g/mol. The number of benzene rings is 1. The van der Waals surface area contributed by atoms with Crippen molar-refractivity contribution < 1.29 is 14.6 Å². The Morgan fingerprint density at radius 3 is 2.26 bits per heavy atom. The molecule has 1 aromatic carbocycles. The summed E-state index contributed by atoms with van der Waals surface area (Å²) >= 11 is 0. The second kappa shape index (κ2) is 11.5. The number of pyridine rings is 1. The van der Waals surface area contributed by atoms with Gasteiger partial charge in [0.15, 0.2) is 0 Å². The lowest BCUT2D eigenvalue weighted by Gasteiger charge is -2.35. The van der Waals surface area contributed by atoms with Crippen molar-refractivity contribution in [2.75, 3.05) is 36.4 Å². The number of anilines is 2. The molecule has 1 atom stereocenters. The van der Waals surface area contributed by atoms with E-state index in [1.54, 1.807) is 0 Å². The van der Waals surface area contributed by atoms with Gasteiger partial charge in [-0.1, -0.05) is 43.2 Å². The van der Waals surface area contributed by atoms with Crippen LogP contribution >= 0.6 is 0 Å². The molecule has 2 N–H and O–H groups in total. The number of aromatic nitrogens is 1. The van der Waals surface area contributed by atoms with E-state index in [-0.39, 0.29) is 23.7 Å². The number of carbonyl (C=O) groups excluding carboxylic acids is 2. The molecule has 2 aliphatic rings. The highest BCUT2D eigenvalue weighted by Gasteiger charge is 2.36. The lowest BCUT2D eigenvalue weighted by atomic mass is 9.79. The highest BCUT2D eigenvalue weighted by Crippen LogP contribution is 2.35. The molecule has 1 aromatic heterocycles. The fraction of sp³-hybridized carbons (Fsp3) is 0.536. The topological polar surface area (TPSA) is 66.8 Å². The third kappa shape index (κ3) is 5.60. The zero-order valence-electron chi connectivity index (χ0n) is 20.6. The Morgan fingerprint density at radius 2 is 1.68 bits per heavy atom. The Bertz CT molecular complexity index is 929. The largest absolute Gasteiger partial charge is 0.343 e. The molecular weight excluding hydrogens is 424 g/mol. The van der Waals surface area contributed by atoms with Crippen molar-refractivity contribution in [3.8, 4) is 0 Å². The van der Waals surface area contributed by atoms with Crippen molar-refractivity contribution in [3.63, 3.8) is 0 Å². The molecule has 6 nitrogen and oxygen atoms in total. The Labute approximate surface area is 203 Å². The van der Waals surface area contributed by atoms with Gasteiger partial charge in [0.05, 0.1) is 24.7 Å². The van der Waals surface area contributed by atoms with Gasteiger partial charge in [0.1, 0.15) is 6.20 Å². The van der Waals surface area contributed by atoms with Gasteiger partial charge in [-0.05, 0) is 57.1 Å². The van der Waals surface area contributed by atoms with E-state index in [9.17, 15) is 9.59 Å². The number of likely N-dealkylation sites (N-methyl/N-ethyl adjacent to an activating group) is 1. The molecule has 4 rings (SSSR count). The van der Waals surface area contributed by atoms with Gasteiger partial charge in [0.2, 0.25) is 11.8 Å². The minimum Gasteiger partial charge on any atom is -0.343 e. The molecule has 2 heterocycles. The number of nitrogens with zero attached hydrogens (tertiary/aromatic N) is 2. The molecule has 182 valence electrons. The molecule has 1 aliphatic heterocycles. The van der Waals surface area contributed by atoms with Crippen molar-refractivity contribution in [2.45, 2.75) is 58.3 Å². The number of aromatic amines is 1. The number of H-pyrrole nitrogens is 1. The van der Waals surface area contributed by atoms with Crippen molar-refractivity contribution in [2.24, 2.45) is 11.8 Å². The molecule has 0 bridgehead atoms. The van der Waals surface area contributed by atoms with Crippen LogP contribution in [0.3, 0.4) is 0 Å². The summed E-state index contributed by atoms with van der Waals surface area (Å²) in [5, 5.41) is 3.06. The molecule has 1 unspecified atom stereocenters. The van der Waals surface area contributed by atoms with Gasteiger partial charge in [0, 0.05) is 25.1 Å². The molecule has 1 saturated carbocycles. The van der Waals surface area contributed by atoms with Crippen LogP contribution in [0.4, 0.5) is 11.5 Å². The molecule has 6 heteroatoms. The third-order valence-electron chi connectivity index (χ3n) is 7.64. The van der Waals surface area contributed by atoms with Gasteiger partial charge < -0.3 is 10.2 Å². The van der Waals surface area contributed by atoms with Crippen molar-refractivity contribution in [1.82, 2.24) is 4.90 Å². The van der Waals surface area contributed by atoms with Gasteiger partial charge in [-0.2, -0.15) is 0 Å². The number of hydrogen-bond acceptors (Lipinski definition) is 3. The third-order valence-corrected chi connectivity index (χ3v) is 7.64. The molecule has 1 saturated heterocycles. The van der Waals surface area contributed by atoms with E-state index in [1.165, 1.54) is 0 Å². The van der Waals surface area contributed by atoms with Gasteiger partial charge >= 0.3 is 0 Å². The summed E-state index contributed by atoms with van der Waals surface area (Å²) in [5.41, 5.74) is 1.95. The first-order valence-corrected chi connectivity index (χ1v) is 13.0. The molecule has 2 aromatic rings. The minimum atomic E-state index is -0.0830. The number of carbonyl (C=O) groups is 2. The predicted octanol–water partition coefficient (Wildman–Crippen LogP) is 4.50. The van der Waals surface area contributed by atoms with Crippen LogP contribution in [-0.2, 0) is 9.59 Å². The molecule has 0 radical (unpaired) electrons. The summed E-state index contributed by atoms with van der Waals surface area (Å²) in [6.45, 7) is 7.42. The maximum absolute atomic E-state index is 13.4. The second-order valence-electron chi connectivity index (χ2n) is 9.66. The summed E-state index contributed by atoms with van der Waals surface area (Å²) in [4.78, 5) is 33.5. The zero-order chi connectivity index (χ0) is 23.9. The smallest absolute Gasteiger partial charge is 0.274 e. The van der Waals surface area contributed by atoms with E-state index in [4.69, 9.17) is 0 Å². The first-order chi connectivity index (χ1) is 16.6. The van der Waals surface area contributed by atoms with Gasteiger partial charge in [-0.15, -0.1) is 0 Å². The number of amides is 2. The SMILES string of the molecule is CCN(CC)C(=O)C(c1ccccc1)C1CCN(c2ccc(NC(=O)C3CCCC3)c[nH+]2)CC1. The fourth-order valence-electron chi connectivity index (χ4n) is 5.61.